The van der Waals surface area contributed by atoms with E-state index in [1.54, 1.807) is 18.7 Å². The number of nitrogens with one attached hydrogen (secondary N) is 2. The molecule has 1 amide bonds. The minimum Gasteiger partial charge on any atom is -0.472 e. The smallest absolute Gasteiger partial charge is 0.255 e. The number of hydrogen-bond donors (Lipinski definition) is 2. The molecule has 2 aromatic rings. The predicted molar refractivity (Wildman–Crippen MR) is 73.0 cm³/mol. The Morgan fingerprint density at radius 1 is 1.47 bits per heavy atom. The Kier molecular flexibility index (Phi) is 4.18. The second-order valence-electron chi connectivity index (χ2n) is 4.22. The monoisotopic (exact) mass is 259 g/mol. The van der Waals surface area contributed by atoms with E-state index in [2.05, 4.69) is 15.6 Å². The summed E-state index contributed by atoms with van der Waals surface area (Å²) in [5.74, 6) is -0.148. The summed E-state index contributed by atoms with van der Waals surface area (Å²) < 4.78 is 4.95. The van der Waals surface area contributed by atoms with Crippen LogP contribution in [0.5, 0.6) is 0 Å². The average Bonchev–Trinajstić information content (AvgIpc) is 2.90. The van der Waals surface area contributed by atoms with Gasteiger partial charge in [-0.05, 0) is 26.0 Å². The summed E-state index contributed by atoms with van der Waals surface area (Å²) in [4.78, 5) is 16.3. The number of aromatic nitrogens is 1. The van der Waals surface area contributed by atoms with E-state index in [0.29, 0.717) is 12.1 Å². The Bertz CT molecular complexity index is 550. The van der Waals surface area contributed by atoms with Gasteiger partial charge in [-0.3, -0.25) is 9.78 Å². The lowest BCUT2D eigenvalue weighted by molar-refractivity contribution is 0.0951. The highest BCUT2D eigenvalue weighted by Gasteiger charge is 2.11. The van der Waals surface area contributed by atoms with Gasteiger partial charge in [0.25, 0.3) is 5.91 Å². The van der Waals surface area contributed by atoms with E-state index in [4.69, 9.17) is 4.42 Å². The van der Waals surface area contributed by atoms with Gasteiger partial charge in [-0.2, -0.15) is 0 Å². The lowest BCUT2D eigenvalue weighted by Gasteiger charge is -2.11. The molecule has 5 nitrogen and oxygen atoms in total. The van der Waals surface area contributed by atoms with Gasteiger partial charge in [0.1, 0.15) is 0 Å². The van der Waals surface area contributed by atoms with Gasteiger partial charge < -0.3 is 15.1 Å². The van der Waals surface area contributed by atoms with E-state index < -0.39 is 0 Å². The number of furan rings is 1. The maximum atomic E-state index is 12.1. The van der Waals surface area contributed by atoms with Crippen molar-refractivity contribution in [1.82, 2.24) is 10.3 Å². The molecule has 0 aliphatic rings. The number of pyridine rings is 1. The van der Waals surface area contributed by atoms with Crippen LogP contribution in [0.25, 0.3) is 0 Å². The normalized spacial score (nSPS) is 10.2. The van der Waals surface area contributed by atoms with Gasteiger partial charge in [-0.25, -0.2) is 0 Å². The molecule has 19 heavy (non-hydrogen) atoms. The molecule has 0 spiro atoms. The maximum Gasteiger partial charge on any atom is 0.255 e. The van der Waals surface area contributed by atoms with Crippen LogP contribution in [0.2, 0.25) is 0 Å². The van der Waals surface area contributed by atoms with Crippen molar-refractivity contribution >= 4 is 11.6 Å². The van der Waals surface area contributed by atoms with Crippen molar-refractivity contribution in [1.29, 1.82) is 0 Å². The van der Waals surface area contributed by atoms with Crippen molar-refractivity contribution < 1.29 is 9.21 Å². The Hall–Kier alpha value is -2.30. The molecule has 2 aromatic heterocycles. The first-order valence-electron chi connectivity index (χ1n) is 6.20. The molecule has 2 heterocycles. The first-order valence-corrected chi connectivity index (χ1v) is 6.20. The number of carbonyl (C=O) groups is 1. The molecule has 0 aliphatic carbocycles. The third-order valence-electron chi connectivity index (χ3n) is 2.69. The summed E-state index contributed by atoms with van der Waals surface area (Å²) in [6.45, 7) is 5.08. The minimum atomic E-state index is -0.148. The summed E-state index contributed by atoms with van der Waals surface area (Å²) in [5.41, 5.74) is 3.16. The van der Waals surface area contributed by atoms with E-state index in [1.807, 2.05) is 26.0 Å². The first kappa shape index (κ1) is 13.1. The largest absolute Gasteiger partial charge is 0.472 e. The van der Waals surface area contributed by atoms with Gasteiger partial charge in [-0.1, -0.05) is 0 Å². The highest BCUT2D eigenvalue weighted by Crippen LogP contribution is 2.15. The molecule has 2 rings (SSSR count). The van der Waals surface area contributed by atoms with Crippen molar-refractivity contribution in [2.45, 2.75) is 20.4 Å². The number of hydrogen-bond acceptors (Lipinski definition) is 4. The fourth-order valence-electron chi connectivity index (χ4n) is 1.75. The van der Waals surface area contributed by atoms with Gasteiger partial charge in [0, 0.05) is 30.5 Å². The number of amides is 1. The van der Waals surface area contributed by atoms with Crippen LogP contribution in [0.3, 0.4) is 0 Å². The second kappa shape index (κ2) is 6.04. The summed E-state index contributed by atoms with van der Waals surface area (Å²) in [5, 5.41) is 6.01. The molecular formula is C14H17N3O2. The molecule has 0 fully saturated rings. The zero-order valence-electron chi connectivity index (χ0n) is 11.1. The average molecular weight is 259 g/mol. The number of rotatable bonds is 5. The van der Waals surface area contributed by atoms with Crippen molar-refractivity contribution in [3.63, 3.8) is 0 Å². The van der Waals surface area contributed by atoms with Crippen LogP contribution in [0, 0.1) is 6.92 Å². The van der Waals surface area contributed by atoms with Crippen LogP contribution >= 0.6 is 0 Å². The van der Waals surface area contributed by atoms with Crippen LogP contribution in [0.4, 0.5) is 5.69 Å². The quantitative estimate of drug-likeness (QED) is 0.865. The van der Waals surface area contributed by atoms with E-state index in [9.17, 15) is 4.79 Å². The molecule has 0 aromatic carbocycles. The summed E-state index contributed by atoms with van der Waals surface area (Å²) in [7, 11) is 0. The molecule has 0 saturated carbocycles. The standard InChI is InChI=1S/C14H17N3O2/c1-3-15-13-6-10(2)16-8-12(13)14(18)17-7-11-4-5-19-9-11/h4-6,8-9H,3,7H2,1-2H3,(H,15,16)(H,17,18). The molecule has 0 aliphatic heterocycles. The lowest BCUT2D eigenvalue weighted by atomic mass is 10.2. The molecule has 0 unspecified atom stereocenters. The molecule has 5 heteroatoms. The molecule has 0 radical (unpaired) electrons. The Labute approximate surface area is 112 Å². The van der Waals surface area contributed by atoms with E-state index in [-0.39, 0.29) is 5.91 Å². The van der Waals surface area contributed by atoms with Gasteiger partial charge in [0.2, 0.25) is 0 Å². The number of aryl methyl sites for hydroxylation is 1. The zero-order chi connectivity index (χ0) is 13.7. The predicted octanol–water partition coefficient (Wildman–Crippen LogP) is 2.34. The van der Waals surface area contributed by atoms with E-state index in [0.717, 1.165) is 23.5 Å². The Morgan fingerprint density at radius 2 is 2.32 bits per heavy atom. The minimum absolute atomic E-state index is 0.148. The zero-order valence-corrected chi connectivity index (χ0v) is 11.1. The molecular weight excluding hydrogens is 242 g/mol. The van der Waals surface area contributed by atoms with E-state index in [1.165, 1.54) is 0 Å². The highest BCUT2D eigenvalue weighted by molar-refractivity contribution is 5.99. The van der Waals surface area contributed by atoms with Gasteiger partial charge in [0.15, 0.2) is 0 Å². The van der Waals surface area contributed by atoms with Crippen molar-refractivity contribution in [2.24, 2.45) is 0 Å². The number of anilines is 1. The van der Waals surface area contributed by atoms with Crippen molar-refractivity contribution in [3.8, 4) is 0 Å². The molecule has 2 N–H and O–H groups in total. The van der Waals surface area contributed by atoms with Crippen LogP contribution < -0.4 is 10.6 Å². The number of carbonyl (C=O) groups excluding carboxylic acids is 1. The summed E-state index contributed by atoms with van der Waals surface area (Å²) in [6, 6.07) is 3.69. The van der Waals surface area contributed by atoms with Crippen molar-refractivity contribution in [2.75, 3.05) is 11.9 Å². The number of nitrogens with zero attached hydrogens (tertiary/aromatic N) is 1. The molecule has 100 valence electrons. The van der Waals surface area contributed by atoms with Crippen LogP contribution in [-0.4, -0.2) is 17.4 Å². The van der Waals surface area contributed by atoms with Crippen molar-refractivity contribution in [3.05, 3.63) is 47.7 Å². The second-order valence-corrected chi connectivity index (χ2v) is 4.22. The van der Waals surface area contributed by atoms with Gasteiger partial charge in [-0.15, -0.1) is 0 Å². The van der Waals surface area contributed by atoms with Crippen LogP contribution in [0.15, 0.2) is 35.3 Å². The summed E-state index contributed by atoms with van der Waals surface area (Å²) in [6.07, 6.45) is 4.79. The third kappa shape index (κ3) is 3.34. The topological polar surface area (TPSA) is 67.2 Å². The Morgan fingerprint density at radius 3 is 3.00 bits per heavy atom. The fraction of sp³-hybridized carbons (Fsp3) is 0.286. The van der Waals surface area contributed by atoms with Crippen LogP contribution in [-0.2, 0) is 6.54 Å². The summed E-state index contributed by atoms with van der Waals surface area (Å²) >= 11 is 0. The van der Waals surface area contributed by atoms with E-state index >= 15 is 0 Å². The fourth-order valence-corrected chi connectivity index (χ4v) is 1.75. The lowest BCUT2D eigenvalue weighted by Crippen LogP contribution is -2.24. The molecule has 0 saturated heterocycles. The first-order chi connectivity index (χ1) is 9.20. The highest BCUT2D eigenvalue weighted by atomic mass is 16.3. The maximum absolute atomic E-state index is 12.1. The SMILES string of the molecule is CCNc1cc(C)ncc1C(=O)NCc1ccoc1. The van der Waals surface area contributed by atoms with Gasteiger partial charge >= 0.3 is 0 Å². The Balaban J connectivity index is 2.09. The van der Waals surface area contributed by atoms with Crippen LogP contribution in [0.1, 0.15) is 28.5 Å². The van der Waals surface area contributed by atoms with Gasteiger partial charge in [0.05, 0.1) is 23.8 Å². The third-order valence-corrected chi connectivity index (χ3v) is 2.69. The molecule has 0 atom stereocenters. The molecule has 0 bridgehead atoms.